The zero-order chi connectivity index (χ0) is 16.3. The van der Waals surface area contributed by atoms with E-state index in [9.17, 15) is 10.2 Å². The van der Waals surface area contributed by atoms with Gasteiger partial charge in [0.15, 0.2) is 0 Å². The van der Waals surface area contributed by atoms with Crippen LogP contribution in [-0.4, -0.2) is 22.4 Å². The van der Waals surface area contributed by atoms with Crippen LogP contribution in [0.25, 0.3) is 0 Å². The van der Waals surface area contributed by atoms with Crippen molar-refractivity contribution in [3.05, 3.63) is 47.6 Å². The van der Waals surface area contributed by atoms with E-state index >= 15 is 0 Å². The number of aliphatic hydroxyl groups is 2. The topological polar surface area (TPSA) is 40.5 Å². The Bertz CT molecular complexity index is 384. The highest BCUT2D eigenvalue weighted by Crippen LogP contribution is 2.13. The molecule has 0 rings (SSSR count). The Hall–Kier alpha value is -1.12. The molecule has 120 valence electrons. The molecular formula is C19H32O2. The van der Waals surface area contributed by atoms with Crippen LogP contribution >= 0.6 is 0 Å². The average molecular weight is 292 g/mol. The van der Waals surface area contributed by atoms with Gasteiger partial charge < -0.3 is 10.2 Å². The molecule has 0 heterocycles. The summed E-state index contributed by atoms with van der Waals surface area (Å²) in [5, 5.41) is 19.2. The maximum atomic E-state index is 9.79. The SMILES string of the molecule is C=C[C@@H](O)C[C@H](O)/C=C(\C)CC/C=C(\C)CCC=C(C)C. The molecule has 0 aromatic heterocycles. The van der Waals surface area contributed by atoms with Gasteiger partial charge in [-0.1, -0.05) is 41.0 Å². The van der Waals surface area contributed by atoms with Crippen molar-refractivity contribution in [1.29, 1.82) is 0 Å². The first-order valence-corrected chi connectivity index (χ1v) is 7.80. The maximum Gasteiger partial charge on any atom is 0.0751 e. The van der Waals surface area contributed by atoms with Crippen molar-refractivity contribution in [2.45, 2.75) is 72.0 Å². The van der Waals surface area contributed by atoms with E-state index in [0.29, 0.717) is 6.42 Å². The van der Waals surface area contributed by atoms with Crippen molar-refractivity contribution < 1.29 is 10.2 Å². The predicted octanol–water partition coefficient (Wildman–Crippen LogP) is 4.70. The third-order valence-corrected chi connectivity index (χ3v) is 3.35. The van der Waals surface area contributed by atoms with E-state index in [4.69, 9.17) is 0 Å². The lowest BCUT2D eigenvalue weighted by Crippen LogP contribution is -2.13. The van der Waals surface area contributed by atoms with Crippen LogP contribution in [0.5, 0.6) is 0 Å². The maximum absolute atomic E-state index is 9.79. The van der Waals surface area contributed by atoms with Crippen molar-refractivity contribution in [1.82, 2.24) is 0 Å². The van der Waals surface area contributed by atoms with E-state index in [2.05, 4.69) is 39.5 Å². The summed E-state index contributed by atoms with van der Waals surface area (Å²) >= 11 is 0. The van der Waals surface area contributed by atoms with Crippen molar-refractivity contribution in [3.63, 3.8) is 0 Å². The van der Waals surface area contributed by atoms with Gasteiger partial charge in [0.1, 0.15) is 0 Å². The van der Waals surface area contributed by atoms with Crippen LogP contribution in [0.1, 0.15) is 59.8 Å². The second kappa shape index (κ2) is 11.5. The molecule has 0 bridgehead atoms. The van der Waals surface area contributed by atoms with Gasteiger partial charge >= 0.3 is 0 Å². The average Bonchev–Trinajstić information content (AvgIpc) is 2.37. The van der Waals surface area contributed by atoms with Crippen LogP contribution in [0.15, 0.2) is 47.6 Å². The summed E-state index contributed by atoms with van der Waals surface area (Å²) in [6.45, 7) is 12.0. The molecule has 0 aliphatic heterocycles. The molecule has 0 amide bonds. The summed E-state index contributed by atoms with van der Waals surface area (Å²) in [6, 6.07) is 0. The number of rotatable bonds is 10. The molecule has 0 aliphatic rings. The Morgan fingerprint density at radius 3 is 2.05 bits per heavy atom. The lowest BCUT2D eigenvalue weighted by atomic mass is 10.0. The monoisotopic (exact) mass is 292 g/mol. The Morgan fingerprint density at radius 2 is 1.48 bits per heavy atom. The summed E-state index contributed by atoms with van der Waals surface area (Å²) in [6.07, 6.45) is 11.1. The van der Waals surface area contributed by atoms with Crippen LogP contribution < -0.4 is 0 Å². The molecule has 0 aliphatic carbocycles. The Labute approximate surface area is 130 Å². The smallest absolute Gasteiger partial charge is 0.0751 e. The highest BCUT2D eigenvalue weighted by atomic mass is 16.3. The van der Waals surface area contributed by atoms with Crippen LogP contribution in [0.3, 0.4) is 0 Å². The highest BCUT2D eigenvalue weighted by Gasteiger charge is 2.06. The third kappa shape index (κ3) is 12.3. The molecule has 2 N–H and O–H groups in total. The molecule has 2 nitrogen and oxygen atoms in total. The molecule has 0 radical (unpaired) electrons. The number of hydrogen-bond donors (Lipinski definition) is 2. The number of allylic oxidation sites excluding steroid dienone is 5. The van der Waals surface area contributed by atoms with Gasteiger partial charge in [0, 0.05) is 6.42 Å². The van der Waals surface area contributed by atoms with E-state index in [1.165, 1.54) is 17.2 Å². The zero-order valence-electron chi connectivity index (χ0n) is 14.1. The first-order chi connectivity index (χ1) is 9.85. The second-order valence-corrected chi connectivity index (χ2v) is 6.03. The minimum Gasteiger partial charge on any atom is -0.389 e. The van der Waals surface area contributed by atoms with Gasteiger partial charge in [-0.05, 0) is 53.4 Å². The molecule has 0 saturated heterocycles. The summed E-state index contributed by atoms with van der Waals surface area (Å²) in [7, 11) is 0. The molecule has 21 heavy (non-hydrogen) atoms. The van der Waals surface area contributed by atoms with E-state index < -0.39 is 12.2 Å². The van der Waals surface area contributed by atoms with E-state index in [1.54, 1.807) is 0 Å². The first-order valence-electron chi connectivity index (χ1n) is 7.80. The van der Waals surface area contributed by atoms with Gasteiger partial charge in [-0.15, -0.1) is 6.58 Å². The molecule has 2 heteroatoms. The molecule has 0 unspecified atom stereocenters. The van der Waals surface area contributed by atoms with Gasteiger partial charge in [0.2, 0.25) is 0 Å². The van der Waals surface area contributed by atoms with Gasteiger partial charge in [-0.2, -0.15) is 0 Å². The molecule has 2 atom stereocenters. The lowest BCUT2D eigenvalue weighted by Gasteiger charge is -2.10. The normalized spacial score (nSPS) is 15.5. The third-order valence-electron chi connectivity index (χ3n) is 3.35. The fourth-order valence-corrected chi connectivity index (χ4v) is 2.06. The number of aliphatic hydroxyl groups excluding tert-OH is 2. The van der Waals surface area contributed by atoms with Crippen LogP contribution in [0, 0.1) is 0 Å². The highest BCUT2D eigenvalue weighted by molar-refractivity contribution is 5.07. The quantitative estimate of drug-likeness (QED) is 0.573. The lowest BCUT2D eigenvalue weighted by molar-refractivity contribution is 0.133. The minimum atomic E-state index is -0.638. The van der Waals surface area contributed by atoms with E-state index in [0.717, 1.165) is 31.3 Å². The summed E-state index contributed by atoms with van der Waals surface area (Å²) in [5.41, 5.74) is 3.95. The van der Waals surface area contributed by atoms with Gasteiger partial charge in [0.25, 0.3) is 0 Å². The Kier molecular flexibility index (Phi) is 10.9. The fourth-order valence-electron chi connectivity index (χ4n) is 2.06. The molecule has 0 fully saturated rings. The summed E-state index contributed by atoms with van der Waals surface area (Å²) < 4.78 is 0. The largest absolute Gasteiger partial charge is 0.389 e. The predicted molar refractivity (Wildman–Crippen MR) is 92.2 cm³/mol. The Balaban J connectivity index is 4.08. The van der Waals surface area contributed by atoms with Gasteiger partial charge in [-0.25, -0.2) is 0 Å². The second-order valence-electron chi connectivity index (χ2n) is 6.03. The zero-order valence-corrected chi connectivity index (χ0v) is 14.1. The van der Waals surface area contributed by atoms with Gasteiger partial charge in [0.05, 0.1) is 12.2 Å². The van der Waals surface area contributed by atoms with E-state index in [-0.39, 0.29) is 0 Å². The Morgan fingerprint density at radius 1 is 0.905 bits per heavy atom. The van der Waals surface area contributed by atoms with Crippen molar-refractivity contribution in [2.75, 3.05) is 0 Å². The molecule has 0 spiro atoms. The van der Waals surface area contributed by atoms with Gasteiger partial charge in [-0.3, -0.25) is 0 Å². The van der Waals surface area contributed by atoms with Crippen molar-refractivity contribution >= 4 is 0 Å². The molecular weight excluding hydrogens is 260 g/mol. The van der Waals surface area contributed by atoms with Crippen LogP contribution in [0.4, 0.5) is 0 Å². The van der Waals surface area contributed by atoms with E-state index in [1.807, 2.05) is 13.0 Å². The molecule has 0 aromatic carbocycles. The molecule has 0 aromatic rings. The van der Waals surface area contributed by atoms with Crippen LogP contribution in [-0.2, 0) is 0 Å². The van der Waals surface area contributed by atoms with Crippen LogP contribution in [0.2, 0.25) is 0 Å². The minimum absolute atomic E-state index is 0.318. The summed E-state index contributed by atoms with van der Waals surface area (Å²) in [4.78, 5) is 0. The molecule has 0 saturated carbocycles. The summed E-state index contributed by atoms with van der Waals surface area (Å²) in [5.74, 6) is 0. The number of hydrogen-bond acceptors (Lipinski definition) is 2. The van der Waals surface area contributed by atoms with Crippen molar-refractivity contribution in [2.24, 2.45) is 0 Å². The van der Waals surface area contributed by atoms with Crippen molar-refractivity contribution in [3.8, 4) is 0 Å². The standard InChI is InChI=1S/C19H32O2/c1-6-18(20)14-19(21)13-17(5)12-8-11-16(4)10-7-9-15(2)3/h6,9,11,13,18-21H,1,7-8,10,12,14H2,2-5H3/b16-11+,17-13+/t18-,19-/m1/s1. The fraction of sp³-hybridized carbons (Fsp3) is 0.579. The first kappa shape index (κ1) is 19.9.